The number of amides is 5. The Morgan fingerprint density at radius 3 is 2.26 bits per heavy atom. The van der Waals surface area contributed by atoms with Crippen molar-refractivity contribution in [3.05, 3.63) is 59.9 Å². The second-order valence-corrected chi connectivity index (χ2v) is 9.87. The Morgan fingerprint density at radius 1 is 0.923 bits per heavy atom. The Balaban J connectivity index is 1.93. The van der Waals surface area contributed by atoms with Crippen molar-refractivity contribution in [3.63, 3.8) is 0 Å². The van der Waals surface area contributed by atoms with Gasteiger partial charge in [-0.3, -0.25) is 24.0 Å². The topological polar surface area (TPSA) is 173 Å². The predicted molar refractivity (Wildman–Crippen MR) is 142 cm³/mol. The first-order chi connectivity index (χ1) is 18.6. The summed E-state index contributed by atoms with van der Waals surface area (Å²) in [6.45, 7) is 4.41. The van der Waals surface area contributed by atoms with Gasteiger partial charge in [-0.05, 0) is 30.5 Å². The predicted octanol–water partition coefficient (Wildman–Crippen LogP) is -0.679. The minimum Gasteiger partial charge on any atom is -0.391 e. The van der Waals surface area contributed by atoms with Gasteiger partial charge in [0.15, 0.2) is 0 Å². The van der Waals surface area contributed by atoms with Crippen LogP contribution in [0.5, 0.6) is 0 Å². The molecule has 0 bridgehead atoms. The number of aliphatic hydroxyl groups excluding tert-OH is 1. The van der Waals surface area contributed by atoms with Gasteiger partial charge in [0.2, 0.25) is 23.6 Å². The van der Waals surface area contributed by atoms with Gasteiger partial charge >= 0.3 is 0 Å². The summed E-state index contributed by atoms with van der Waals surface area (Å²) in [5.41, 5.74) is 1.01. The van der Waals surface area contributed by atoms with Crippen molar-refractivity contribution in [1.29, 1.82) is 0 Å². The monoisotopic (exact) mass is 540 g/mol. The van der Waals surface area contributed by atoms with E-state index in [1.807, 2.05) is 6.07 Å². The molecular formula is C27H36N6O6. The number of aromatic nitrogens is 1. The van der Waals surface area contributed by atoms with Crippen molar-refractivity contribution in [1.82, 2.24) is 31.2 Å². The lowest BCUT2D eigenvalue weighted by atomic mass is 10.0. The average Bonchev–Trinajstić information content (AvgIpc) is 3.43. The fourth-order valence-electron chi connectivity index (χ4n) is 4.22. The van der Waals surface area contributed by atoms with Crippen LogP contribution in [0.1, 0.15) is 36.8 Å². The summed E-state index contributed by atoms with van der Waals surface area (Å²) in [5, 5.41) is 20.8. The van der Waals surface area contributed by atoms with Crippen LogP contribution in [0.25, 0.3) is 0 Å². The normalized spacial score (nSPS) is 22.6. The molecule has 6 N–H and O–H groups in total. The number of carbonyl (C=O) groups is 5. The third kappa shape index (κ3) is 8.14. The lowest BCUT2D eigenvalue weighted by molar-refractivity contribution is -0.135. The molecule has 1 fully saturated rings. The lowest BCUT2D eigenvalue weighted by Crippen LogP contribution is -2.60. The van der Waals surface area contributed by atoms with Gasteiger partial charge in [-0.15, -0.1) is 0 Å². The third-order valence-electron chi connectivity index (χ3n) is 6.37. The first-order valence-electron chi connectivity index (χ1n) is 12.9. The summed E-state index contributed by atoms with van der Waals surface area (Å²) < 4.78 is 0. The van der Waals surface area contributed by atoms with Crippen LogP contribution < -0.4 is 21.3 Å². The van der Waals surface area contributed by atoms with E-state index in [2.05, 4.69) is 26.3 Å². The summed E-state index contributed by atoms with van der Waals surface area (Å²) in [6, 6.07) is 8.80. The minimum absolute atomic E-state index is 0.0351. The number of nitrogens with zero attached hydrogens (tertiary/aromatic N) is 1. The smallest absolute Gasteiger partial charge is 0.270 e. The number of hydrogen-bond donors (Lipinski definition) is 6. The number of aliphatic hydroxyl groups is 1. The summed E-state index contributed by atoms with van der Waals surface area (Å²) in [6.07, 6.45) is 0.439. The molecule has 1 aliphatic rings. The van der Waals surface area contributed by atoms with Gasteiger partial charge in [-0.2, -0.15) is 0 Å². The maximum atomic E-state index is 13.3. The number of benzene rings is 1. The highest BCUT2D eigenvalue weighted by molar-refractivity contribution is 5.97. The fourth-order valence-corrected chi connectivity index (χ4v) is 4.22. The lowest BCUT2D eigenvalue weighted by Gasteiger charge is -2.27. The molecule has 2 aromatic rings. The van der Waals surface area contributed by atoms with Gasteiger partial charge in [-0.25, -0.2) is 0 Å². The molecule has 1 aromatic carbocycles. The van der Waals surface area contributed by atoms with Crippen LogP contribution in [-0.2, 0) is 25.6 Å². The molecule has 1 aliphatic heterocycles. The van der Waals surface area contributed by atoms with Crippen molar-refractivity contribution >= 4 is 29.5 Å². The Labute approximate surface area is 226 Å². The molecule has 0 unspecified atom stereocenters. The van der Waals surface area contributed by atoms with Crippen LogP contribution >= 0.6 is 0 Å². The minimum atomic E-state index is -1.31. The summed E-state index contributed by atoms with van der Waals surface area (Å²) in [7, 11) is 0. The van der Waals surface area contributed by atoms with Crippen molar-refractivity contribution < 1.29 is 29.1 Å². The van der Waals surface area contributed by atoms with E-state index >= 15 is 0 Å². The molecule has 3 rings (SSSR count). The third-order valence-corrected chi connectivity index (χ3v) is 6.37. The largest absolute Gasteiger partial charge is 0.391 e. The number of carbonyl (C=O) groups excluding carboxylic acids is 5. The van der Waals surface area contributed by atoms with Gasteiger partial charge in [0.05, 0.1) is 12.6 Å². The van der Waals surface area contributed by atoms with E-state index in [1.165, 1.54) is 11.8 Å². The second kappa shape index (κ2) is 13.6. The molecule has 1 aromatic heterocycles. The summed E-state index contributed by atoms with van der Waals surface area (Å²) in [4.78, 5) is 69.7. The second-order valence-electron chi connectivity index (χ2n) is 9.87. The first-order valence-corrected chi connectivity index (χ1v) is 12.9. The number of hydrogen-bond acceptors (Lipinski definition) is 6. The van der Waals surface area contributed by atoms with E-state index in [4.69, 9.17) is 0 Å². The Bertz CT molecular complexity index is 1150. The number of aromatic amines is 1. The van der Waals surface area contributed by atoms with Gasteiger partial charge in [0, 0.05) is 25.7 Å². The van der Waals surface area contributed by atoms with E-state index in [0.717, 1.165) is 5.56 Å². The van der Waals surface area contributed by atoms with Crippen molar-refractivity contribution in [3.8, 4) is 0 Å². The van der Waals surface area contributed by atoms with Gasteiger partial charge < -0.3 is 36.3 Å². The van der Waals surface area contributed by atoms with Crippen molar-refractivity contribution in [2.45, 2.75) is 51.4 Å². The maximum Gasteiger partial charge on any atom is 0.270 e. The summed E-state index contributed by atoms with van der Waals surface area (Å²) >= 11 is 0. The molecule has 0 saturated carbocycles. The molecule has 210 valence electrons. The SMILES string of the molecule is CC(C)[C@H]1NC(=O)CN(C(=O)c2ccc[nH]2)CCNC(=O)[C@H]([C@@H](C)O)NC(=O)[C@H](Cc2ccccc2)NC1=O. The Morgan fingerprint density at radius 2 is 1.64 bits per heavy atom. The highest BCUT2D eigenvalue weighted by Crippen LogP contribution is 2.09. The van der Waals surface area contributed by atoms with Crippen LogP contribution in [0.3, 0.4) is 0 Å². The van der Waals surface area contributed by atoms with Crippen LogP contribution in [0.2, 0.25) is 0 Å². The zero-order chi connectivity index (χ0) is 28.5. The molecule has 39 heavy (non-hydrogen) atoms. The number of H-pyrrole nitrogens is 1. The maximum absolute atomic E-state index is 13.3. The Kier molecular flexibility index (Phi) is 10.2. The van der Waals surface area contributed by atoms with E-state index in [0.29, 0.717) is 0 Å². The standard InChI is InChI=1S/C27H36N6O6/c1-16(2)22-26(38)30-20(14-18-8-5-4-6-9-18)24(36)32-23(17(3)34)25(37)29-12-13-33(15-21(35)31-22)27(39)19-10-7-11-28-19/h4-11,16-17,20,22-23,28,34H,12-15H2,1-3H3,(H,29,37)(H,30,38)(H,31,35)(H,32,36)/t17-,20+,22-,23+/m1/s1. The molecule has 1 saturated heterocycles. The molecule has 0 aliphatic carbocycles. The molecule has 12 heteroatoms. The van der Waals surface area contributed by atoms with Gasteiger partial charge in [0.1, 0.15) is 23.8 Å². The molecule has 0 spiro atoms. The number of nitrogens with one attached hydrogen (secondary N) is 5. The highest BCUT2D eigenvalue weighted by Gasteiger charge is 2.33. The zero-order valence-electron chi connectivity index (χ0n) is 22.3. The van der Waals surface area contributed by atoms with Gasteiger partial charge in [-0.1, -0.05) is 44.2 Å². The van der Waals surface area contributed by atoms with E-state index in [9.17, 15) is 29.1 Å². The van der Waals surface area contributed by atoms with Crippen LogP contribution in [0, 0.1) is 5.92 Å². The van der Waals surface area contributed by atoms with Crippen LogP contribution in [0.4, 0.5) is 0 Å². The van der Waals surface area contributed by atoms with E-state index in [1.54, 1.807) is 56.4 Å². The Hall–Kier alpha value is -4.19. The van der Waals surface area contributed by atoms with Crippen LogP contribution in [-0.4, -0.2) is 88.4 Å². The number of rotatable bonds is 5. The molecule has 2 heterocycles. The van der Waals surface area contributed by atoms with Gasteiger partial charge in [0.25, 0.3) is 5.91 Å². The first kappa shape index (κ1) is 29.4. The molecule has 5 amide bonds. The van der Waals surface area contributed by atoms with Crippen LogP contribution in [0.15, 0.2) is 48.7 Å². The van der Waals surface area contributed by atoms with Crippen molar-refractivity contribution in [2.24, 2.45) is 5.92 Å². The fraction of sp³-hybridized carbons (Fsp3) is 0.444. The van der Waals surface area contributed by atoms with E-state index in [-0.39, 0.29) is 37.7 Å². The van der Waals surface area contributed by atoms with Crippen molar-refractivity contribution in [2.75, 3.05) is 19.6 Å². The molecule has 4 atom stereocenters. The highest BCUT2D eigenvalue weighted by atomic mass is 16.3. The van der Waals surface area contributed by atoms with E-state index < -0.39 is 53.8 Å². The molecule has 0 radical (unpaired) electrons. The molecule has 12 nitrogen and oxygen atoms in total. The quantitative estimate of drug-likeness (QED) is 0.293. The molecular weight excluding hydrogens is 504 g/mol. The average molecular weight is 541 g/mol. The zero-order valence-corrected chi connectivity index (χ0v) is 22.3. The summed E-state index contributed by atoms with van der Waals surface area (Å²) in [5.74, 6) is -3.32.